The van der Waals surface area contributed by atoms with Gasteiger partial charge in [-0.1, -0.05) is 82.1 Å². The SMILES string of the molecule is CCCC[C@H]1C(=O)N[C@@H](CCCNC(=N)N)C(=O)NC(C(=O)NCC(N)=O)CSCC(=O)N[C@@H](Cc2ccc(O)cc2)C(=O)N(C)[C@@H](C)C(=O)N[C@@H](CC(N)=O)C(=O)N2CCC[C@H]2C(=O)N[C@@H](CN)C(=O)N[C@@H](CC(C)C)C(=O)N2C[C@H](O)C[C@H]2C(=O)N[C@@H](Cc2c[nH]c3ccccc23)C(=O)N[C@@H](CO)C(=O)N[C@@H](Cc2c[nH]c3ccccc23)C(=O)N(C)[C@@H](CCSC)C(=O)N1C. The summed E-state index contributed by atoms with van der Waals surface area (Å²) in [5, 5.41) is 70.5. The zero-order chi connectivity index (χ0) is 96.9. The molecule has 132 heavy (non-hydrogen) atoms. The van der Waals surface area contributed by atoms with Crippen LogP contribution in [-0.2, 0) is 101 Å². The van der Waals surface area contributed by atoms with Crippen molar-refractivity contribution >= 4 is 152 Å². The number of aromatic amines is 2. The van der Waals surface area contributed by atoms with Crippen molar-refractivity contribution in [3.05, 3.63) is 102 Å². The van der Waals surface area contributed by atoms with Crippen molar-refractivity contribution in [2.75, 3.05) is 84.0 Å². The number of aliphatic hydroxyl groups is 2. The Labute approximate surface area is 771 Å². The number of fused-ring (bicyclic) bond motifs is 4. The molecular weight excluding hydrogens is 1750 g/mol. The quantitative estimate of drug-likeness (QED) is 0.0149. The maximum Gasteiger partial charge on any atom is 0.246 e. The van der Waals surface area contributed by atoms with Crippen LogP contribution in [-0.4, -0.2) is 331 Å². The fourth-order valence-electron chi connectivity index (χ4n) is 16.0. The van der Waals surface area contributed by atoms with Crippen molar-refractivity contribution in [3.63, 3.8) is 0 Å². The number of amides is 17. The third kappa shape index (κ3) is 29.2. The third-order valence-corrected chi connectivity index (χ3v) is 25.0. The Morgan fingerprint density at radius 3 is 1.73 bits per heavy atom. The number of aromatic nitrogens is 2. The van der Waals surface area contributed by atoms with Gasteiger partial charge in [0.1, 0.15) is 90.3 Å². The normalized spacial score (nSPS) is 25.1. The van der Waals surface area contributed by atoms with Crippen LogP contribution < -0.4 is 81.4 Å². The Morgan fingerprint density at radius 2 is 1.12 bits per heavy atom. The van der Waals surface area contributed by atoms with E-state index in [0.717, 1.165) is 36.3 Å². The van der Waals surface area contributed by atoms with E-state index in [0.29, 0.717) is 51.3 Å². The minimum Gasteiger partial charge on any atom is -0.508 e. The highest BCUT2D eigenvalue weighted by Gasteiger charge is 2.47. The highest BCUT2D eigenvalue weighted by Crippen LogP contribution is 2.28. The first-order chi connectivity index (χ1) is 62.8. The molecule has 45 heteroatoms. The number of aromatic hydroxyl groups is 1. The van der Waals surface area contributed by atoms with Crippen LogP contribution in [0.1, 0.15) is 115 Å². The fourth-order valence-corrected chi connectivity index (χ4v) is 17.3. The number of phenols is 1. The largest absolute Gasteiger partial charge is 0.508 e. The summed E-state index contributed by atoms with van der Waals surface area (Å²) in [4.78, 5) is 260. The average molecular weight is 1880 g/mol. The van der Waals surface area contributed by atoms with Crippen LogP contribution in [0.3, 0.4) is 0 Å². The predicted octanol–water partition coefficient (Wildman–Crippen LogP) is -4.37. The molecule has 25 N–H and O–H groups in total. The summed E-state index contributed by atoms with van der Waals surface area (Å²) in [6, 6.07) is -2.37. The fraction of sp³-hybridized carbons (Fsp3) is 0.540. The molecule has 15 atom stereocenters. The van der Waals surface area contributed by atoms with E-state index in [-0.39, 0.29) is 94.7 Å². The predicted molar refractivity (Wildman–Crippen MR) is 490 cm³/mol. The number of benzene rings is 3. The number of carbonyl (C=O) groups is 17. The lowest BCUT2D eigenvalue weighted by Crippen LogP contribution is -2.62. The second-order valence-electron chi connectivity index (χ2n) is 33.6. The summed E-state index contributed by atoms with van der Waals surface area (Å²) in [5.41, 5.74) is 25.5. The molecule has 1 unspecified atom stereocenters. The van der Waals surface area contributed by atoms with Crippen LogP contribution in [0.2, 0.25) is 0 Å². The number of rotatable bonds is 25. The number of aliphatic hydroxyl groups excluding tert-OH is 2. The molecule has 0 bridgehead atoms. The highest BCUT2D eigenvalue weighted by atomic mass is 32.2. The number of nitrogens with two attached hydrogens (primary N) is 4. The summed E-state index contributed by atoms with van der Waals surface area (Å²) in [7, 11) is 3.87. The molecule has 0 spiro atoms. The van der Waals surface area contributed by atoms with Crippen molar-refractivity contribution in [3.8, 4) is 5.75 Å². The zero-order valence-electron chi connectivity index (χ0n) is 75.2. The van der Waals surface area contributed by atoms with Crippen LogP contribution in [0.5, 0.6) is 5.75 Å². The molecule has 3 aliphatic heterocycles. The van der Waals surface area contributed by atoms with Gasteiger partial charge < -0.3 is 131 Å². The van der Waals surface area contributed by atoms with Crippen molar-refractivity contribution in [2.45, 2.75) is 208 Å². The van der Waals surface area contributed by atoms with Crippen LogP contribution >= 0.6 is 23.5 Å². The Hall–Kier alpha value is -12.6. The number of H-pyrrole nitrogens is 2. The number of hydrogen-bond acceptors (Lipinski definition) is 24. The smallest absolute Gasteiger partial charge is 0.246 e. The number of thioether (sulfide) groups is 2. The highest BCUT2D eigenvalue weighted by molar-refractivity contribution is 8.00. The van der Waals surface area contributed by atoms with E-state index < -0.39 is 248 Å². The maximum atomic E-state index is 15.7. The first-order valence-electron chi connectivity index (χ1n) is 43.8. The van der Waals surface area contributed by atoms with Gasteiger partial charge in [-0.05, 0) is 111 Å². The summed E-state index contributed by atoms with van der Waals surface area (Å²) in [5.74, 6) is -18.0. The van der Waals surface area contributed by atoms with Gasteiger partial charge in [-0.25, -0.2) is 0 Å². The number of nitrogens with one attached hydrogen (secondary N) is 14. The second kappa shape index (κ2) is 50.1. The van der Waals surface area contributed by atoms with Crippen LogP contribution in [0.15, 0.2) is 85.2 Å². The Morgan fingerprint density at radius 1 is 0.576 bits per heavy atom. The molecule has 720 valence electrons. The Balaban J connectivity index is 1.19. The van der Waals surface area contributed by atoms with Gasteiger partial charge in [0.15, 0.2) is 5.96 Å². The molecule has 17 amide bonds. The van der Waals surface area contributed by atoms with Gasteiger partial charge in [0, 0.05) is 113 Å². The molecule has 0 saturated carbocycles. The molecule has 3 aliphatic rings. The van der Waals surface area contributed by atoms with Gasteiger partial charge >= 0.3 is 0 Å². The van der Waals surface area contributed by atoms with E-state index in [1.54, 1.807) is 81.0 Å². The lowest BCUT2D eigenvalue weighted by Gasteiger charge is -2.36. The second-order valence-corrected chi connectivity index (χ2v) is 35.6. The molecule has 43 nitrogen and oxygen atoms in total. The molecule has 3 saturated heterocycles. The van der Waals surface area contributed by atoms with E-state index in [1.165, 1.54) is 64.1 Å². The van der Waals surface area contributed by atoms with E-state index in [4.69, 9.17) is 28.3 Å². The van der Waals surface area contributed by atoms with Gasteiger partial charge in [0.05, 0.1) is 31.4 Å². The van der Waals surface area contributed by atoms with Crippen LogP contribution in [0.4, 0.5) is 0 Å². The average Bonchev–Trinajstić information content (AvgIpc) is 1.22. The molecule has 5 heterocycles. The molecule has 3 fully saturated rings. The van der Waals surface area contributed by atoms with Crippen molar-refractivity contribution in [1.82, 2.24) is 93.0 Å². The summed E-state index contributed by atoms with van der Waals surface area (Å²) < 4.78 is 0. The maximum absolute atomic E-state index is 15.7. The van der Waals surface area contributed by atoms with Crippen molar-refractivity contribution in [1.29, 1.82) is 5.41 Å². The summed E-state index contributed by atoms with van der Waals surface area (Å²) >= 11 is 2.08. The van der Waals surface area contributed by atoms with Crippen molar-refractivity contribution in [2.24, 2.45) is 28.9 Å². The molecule has 0 radical (unpaired) electrons. The molecule has 3 aromatic carbocycles. The number of guanidine groups is 1. The minimum absolute atomic E-state index is 0.0166. The number of unbranched alkanes of at least 4 members (excludes halogenated alkanes) is 1. The number of nitrogens with zero attached hydrogens (tertiary/aromatic N) is 5. The summed E-state index contributed by atoms with van der Waals surface area (Å²) in [6.45, 7) is 3.53. The van der Waals surface area contributed by atoms with Gasteiger partial charge in [0.2, 0.25) is 100 Å². The number of phenolic OH excluding ortho intramolecular Hbond substituents is 1. The van der Waals surface area contributed by atoms with Crippen molar-refractivity contribution < 1.29 is 96.8 Å². The minimum atomic E-state index is -1.89. The van der Waals surface area contributed by atoms with E-state index in [2.05, 4.69) is 68.5 Å². The number of primary amides is 2. The van der Waals surface area contributed by atoms with E-state index >= 15 is 33.6 Å². The lowest BCUT2D eigenvalue weighted by molar-refractivity contribution is -0.149. The molecular formula is C87H125N23O20S2. The third-order valence-electron chi connectivity index (χ3n) is 23.3. The number of likely N-dealkylation sites (N-methyl/N-ethyl adjacent to an activating group) is 3. The lowest BCUT2D eigenvalue weighted by atomic mass is 10.0. The monoisotopic (exact) mass is 1880 g/mol. The first kappa shape index (κ1) is 105. The molecule has 8 rings (SSSR count). The standard InChI is InChI=1S/C87H125N23O20S2/c1-9-10-22-66-79(123)98-57(21-15-29-93-87(91)92)75(119)105-65(74(118)96-41-71(90)115)44-132-45-72(116)97-60(33-48-24-26-51(112)27-25-48)82(126)106(5)47(4)73(117)100-62(37-70(89)114)84(128)109-30-16-23-67(109)80(124)103-63(38-88)77(121)101-59(32-46(2)3)85(129)110-42-52(113)36-69(110)81(125)99-58(34-49-39-94-55-19-13-11-17-53(49)55)76(120)104-64(43-111)78(122)102-61(35-50-40-95-56-20-14-12-18-54(50)56)83(127)108(7)68(28-31-131-8)86(130)107(66)6/h11-14,17-20,24-27,39-40,46-47,52,57-69,94-95,111-113H,9-10,15-16,21-23,28-38,41-45,88H2,1-8H3,(H2,89,114)(H2,90,115)(H,96,118)(H,97,116)(H,98,123)(H,99,125)(H,100,117)(H,101,121)(H,102,122)(H,103,124)(H,104,120)(H,105,119)(H4,91,92,93)/t47-,52+,57-,58-,59-,60-,61-,62-,63-,64-,65?,66-,67-,68-,69-/m0/s1. The number of hydrogen-bond donors (Lipinski definition) is 21. The molecule has 0 aliphatic carbocycles. The van der Waals surface area contributed by atoms with Crippen LogP contribution in [0.25, 0.3) is 21.8 Å². The number of carbonyl (C=O) groups excluding carboxylic acids is 17. The molecule has 2 aromatic heterocycles. The van der Waals surface area contributed by atoms with E-state index in [9.17, 15) is 63.3 Å². The molecule has 5 aromatic rings. The number of para-hydroxylation sites is 2. The zero-order valence-corrected chi connectivity index (χ0v) is 76.9. The first-order valence-corrected chi connectivity index (χ1v) is 46.3. The van der Waals surface area contributed by atoms with Gasteiger partial charge in [0.25, 0.3) is 0 Å². The van der Waals surface area contributed by atoms with Gasteiger partial charge in [-0.3, -0.25) is 86.9 Å². The summed E-state index contributed by atoms with van der Waals surface area (Å²) in [6.07, 6.45) is 2.14. The van der Waals surface area contributed by atoms with Gasteiger partial charge in [-0.15, -0.1) is 11.8 Å². The Kier molecular flexibility index (Phi) is 39.8. The van der Waals surface area contributed by atoms with Crippen LogP contribution in [0, 0.1) is 11.3 Å². The van der Waals surface area contributed by atoms with Gasteiger partial charge in [-0.2, -0.15) is 11.8 Å². The van der Waals surface area contributed by atoms with E-state index in [1.807, 2.05) is 6.92 Å². The Bertz CT molecular complexity index is 4960. The topological polar surface area (TPSA) is 659 Å².